The predicted molar refractivity (Wildman–Crippen MR) is 104 cm³/mol. The molecule has 3 rings (SSSR count). The summed E-state index contributed by atoms with van der Waals surface area (Å²) in [4.78, 5) is 16.7. The summed E-state index contributed by atoms with van der Waals surface area (Å²) in [6.07, 6.45) is 4.40. The average molecular weight is 391 g/mol. The van der Waals surface area contributed by atoms with E-state index in [2.05, 4.69) is 10.3 Å². The van der Waals surface area contributed by atoms with Crippen LogP contribution in [0.3, 0.4) is 0 Å². The summed E-state index contributed by atoms with van der Waals surface area (Å²) >= 11 is 0. The van der Waals surface area contributed by atoms with E-state index in [0.717, 1.165) is 11.3 Å². The molecule has 27 heavy (non-hydrogen) atoms. The van der Waals surface area contributed by atoms with Crippen LogP contribution in [0.4, 0.5) is 5.69 Å². The number of rotatable bonds is 5. The SMILES string of the molecule is Cc1ccccc1NC(=O)[C@@H]1CCCN(S(=O)(=O)c2cn(C(C)C)cn2)C1. The minimum Gasteiger partial charge on any atom is -0.334 e. The molecule has 1 aliphatic heterocycles. The van der Waals surface area contributed by atoms with Gasteiger partial charge >= 0.3 is 0 Å². The van der Waals surface area contributed by atoms with Crippen LogP contribution in [-0.2, 0) is 14.8 Å². The largest absolute Gasteiger partial charge is 0.334 e. The molecule has 1 aromatic heterocycles. The van der Waals surface area contributed by atoms with Gasteiger partial charge in [-0.15, -0.1) is 0 Å². The Hall–Kier alpha value is -2.19. The molecule has 1 N–H and O–H groups in total. The maximum Gasteiger partial charge on any atom is 0.262 e. The van der Waals surface area contributed by atoms with E-state index >= 15 is 0 Å². The molecule has 0 spiro atoms. The van der Waals surface area contributed by atoms with Crippen LogP contribution < -0.4 is 5.32 Å². The molecular weight excluding hydrogens is 364 g/mol. The maximum atomic E-state index is 12.9. The number of hydrogen-bond acceptors (Lipinski definition) is 4. The highest BCUT2D eigenvalue weighted by molar-refractivity contribution is 7.89. The highest BCUT2D eigenvalue weighted by atomic mass is 32.2. The van der Waals surface area contributed by atoms with Crippen molar-refractivity contribution in [2.24, 2.45) is 5.92 Å². The van der Waals surface area contributed by atoms with Gasteiger partial charge in [0.2, 0.25) is 5.91 Å². The highest BCUT2D eigenvalue weighted by Gasteiger charge is 2.34. The number of aryl methyl sites for hydroxylation is 1. The number of anilines is 1. The summed E-state index contributed by atoms with van der Waals surface area (Å²) in [7, 11) is -3.70. The molecule has 0 radical (unpaired) electrons. The molecular formula is C19H26N4O3S. The zero-order chi connectivity index (χ0) is 19.6. The van der Waals surface area contributed by atoms with Gasteiger partial charge in [0.1, 0.15) is 0 Å². The van der Waals surface area contributed by atoms with E-state index in [9.17, 15) is 13.2 Å². The van der Waals surface area contributed by atoms with Crippen molar-refractivity contribution in [3.05, 3.63) is 42.4 Å². The zero-order valence-electron chi connectivity index (χ0n) is 15.9. The molecule has 0 aliphatic carbocycles. The minimum absolute atomic E-state index is 0.0381. The molecule has 1 amide bonds. The third kappa shape index (κ3) is 4.22. The van der Waals surface area contributed by atoms with Crippen LogP contribution in [0.15, 0.2) is 41.8 Å². The lowest BCUT2D eigenvalue weighted by molar-refractivity contribution is -0.120. The summed E-state index contributed by atoms with van der Waals surface area (Å²) < 4.78 is 29.0. The normalized spacial score (nSPS) is 18.6. The number of carbonyl (C=O) groups is 1. The zero-order valence-corrected chi connectivity index (χ0v) is 16.7. The first-order chi connectivity index (χ1) is 12.8. The predicted octanol–water partition coefficient (Wildman–Crippen LogP) is 2.81. The number of piperidine rings is 1. The number of benzene rings is 1. The number of sulfonamides is 1. The second-order valence-corrected chi connectivity index (χ2v) is 9.14. The summed E-state index contributed by atoms with van der Waals surface area (Å²) in [5, 5.41) is 2.97. The molecule has 0 bridgehead atoms. The van der Waals surface area contributed by atoms with Crippen molar-refractivity contribution in [2.45, 2.75) is 44.7 Å². The Balaban J connectivity index is 1.73. The van der Waals surface area contributed by atoms with Crippen molar-refractivity contribution in [1.29, 1.82) is 0 Å². The van der Waals surface area contributed by atoms with Gasteiger partial charge in [-0.25, -0.2) is 13.4 Å². The van der Waals surface area contributed by atoms with Crippen LogP contribution in [-0.4, -0.2) is 41.3 Å². The van der Waals surface area contributed by atoms with Crippen molar-refractivity contribution in [2.75, 3.05) is 18.4 Å². The highest BCUT2D eigenvalue weighted by Crippen LogP contribution is 2.25. The second kappa shape index (κ2) is 7.82. The molecule has 2 aromatic rings. The first-order valence-corrected chi connectivity index (χ1v) is 10.6. The van der Waals surface area contributed by atoms with Gasteiger partial charge in [0.15, 0.2) is 5.03 Å². The van der Waals surface area contributed by atoms with E-state index in [-0.39, 0.29) is 29.4 Å². The lowest BCUT2D eigenvalue weighted by Crippen LogP contribution is -2.43. The van der Waals surface area contributed by atoms with Crippen LogP contribution in [0.25, 0.3) is 0 Å². The van der Waals surface area contributed by atoms with Crippen molar-refractivity contribution in [3.63, 3.8) is 0 Å². The van der Waals surface area contributed by atoms with E-state index in [1.807, 2.05) is 45.0 Å². The van der Waals surface area contributed by atoms with E-state index in [0.29, 0.717) is 19.4 Å². The maximum absolute atomic E-state index is 12.9. The number of carbonyl (C=O) groups excluding carboxylic acids is 1. The van der Waals surface area contributed by atoms with Gasteiger partial charge in [-0.3, -0.25) is 4.79 Å². The Morgan fingerprint density at radius 3 is 2.70 bits per heavy atom. The molecule has 146 valence electrons. The van der Waals surface area contributed by atoms with Crippen LogP contribution >= 0.6 is 0 Å². The van der Waals surface area contributed by atoms with Crippen LogP contribution in [0.2, 0.25) is 0 Å². The Bertz CT molecular complexity index is 921. The molecule has 8 heteroatoms. The first kappa shape index (κ1) is 19.6. The topological polar surface area (TPSA) is 84.3 Å². The van der Waals surface area contributed by atoms with E-state index in [1.54, 1.807) is 10.8 Å². The molecule has 1 saturated heterocycles. The van der Waals surface area contributed by atoms with Gasteiger partial charge in [-0.2, -0.15) is 4.31 Å². The standard InChI is InChI=1S/C19H26N4O3S/c1-14(2)22-12-18(20-13-22)27(25,26)23-10-6-8-16(11-23)19(24)21-17-9-5-4-7-15(17)3/h4-5,7,9,12-14,16H,6,8,10-11H2,1-3H3,(H,21,24)/t16-/m1/s1. The van der Waals surface area contributed by atoms with Crippen LogP contribution in [0.1, 0.15) is 38.3 Å². The fourth-order valence-electron chi connectivity index (χ4n) is 3.19. The summed E-state index contributed by atoms with van der Waals surface area (Å²) in [6.45, 7) is 6.44. The van der Waals surface area contributed by atoms with Crippen LogP contribution in [0.5, 0.6) is 0 Å². The number of nitrogens with zero attached hydrogens (tertiary/aromatic N) is 3. The average Bonchev–Trinajstić information content (AvgIpc) is 3.15. The number of nitrogens with one attached hydrogen (secondary N) is 1. The number of imidazole rings is 1. The van der Waals surface area contributed by atoms with Crippen molar-refractivity contribution in [1.82, 2.24) is 13.9 Å². The molecule has 1 atom stereocenters. The van der Waals surface area contributed by atoms with E-state index < -0.39 is 10.0 Å². The van der Waals surface area contributed by atoms with Crippen molar-refractivity contribution < 1.29 is 13.2 Å². The van der Waals surface area contributed by atoms with Crippen LogP contribution in [0, 0.1) is 12.8 Å². The first-order valence-electron chi connectivity index (χ1n) is 9.19. The number of hydrogen-bond donors (Lipinski definition) is 1. The van der Waals surface area contributed by atoms with Crippen molar-refractivity contribution >= 4 is 21.6 Å². The number of amides is 1. The summed E-state index contributed by atoms with van der Waals surface area (Å²) in [6, 6.07) is 7.69. The Morgan fingerprint density at radius 2 is 2.04 bits per heavy atom. The smallest absolute Gasteiger partial charge is 0.262 e. The van der Waals surface area contributed by atoms with E-state index in [1.165, 1.54) is 10.6 Å². The lowest BCUT2D eigenvalue weighted by atomic mass is 9.98. The second-order valence-electron chi connectivity index (χ2n) is 7.26. The van der Waals surface area contributed by atoms with Gasteiger partial charge < -0.3 is 9.88 Å². The Labute approximate surface area is 160 Å². The third-order valence-corrected chi connectivity index (χ3v) is 6.69. The van der Waals surface area contributed by atoms with Gasteiger partial charge in [0.05, 0.1) is 12.2 Å². The van der Waals surface area contributed by atoms with Gasteiger partial charge in [-0.1, -0.05) is 18.2 Å². The Kier molecular flexibility index (Phi) is 5.67. The van der Waals surface area contributed by atoms with E-state index in [4.69, 9.17) is 0 Å². The molecule has 0 saturated carbocycles. The minimum atomic E-state index is -3.70. The molecule has 7 nitrogen and oxygen atoms in total. The molecule has 1 aromatic carbocycles. The van der Waals surface area contributed by atoms with Gasteiger partial charge in [0, 0.05) is 31.0 Å². The molecule has 1 fully saturated rings. The fraction of sp³-hybridized carbons (Fsp3) is 0.474. The monoisotopic (exact) mass is 390 g/mol. The Morgan fingerprint density at radius 1 is 1.30 bits per heavy atom. The van der Waals surface area contributed by atoms with Crippen molar-refractivity contribution in [3.8, 4) is 0 Å². The fourth-order valence-corrected chi connectivity index (χ4v) is 4.63. The van der Waals surface area contributed by atoms with Gasteiger partial charge in [0.25, 0.3) is 10.0 Å². The third-order valence-electron chi connectivity index (χ3n) is 4.94. The number of para-hydroxylation sites is 1. The van der Waals surface area contributed by atoms with Gasteiger partial charge in [-0.05, 0) is 45.2 Å². The summed E-state index contributed by atoms with van der Waals surface area (Å²) in [5.74, 6) is -0.516. The summed E-state index contributed by atoms with van der Waals surface area (Å²) in [5.41, 5.74) is 1.74. The number of aromatic nitrogens is 2. The molecule has 2 heterocycles. The quantitative estimate of drug-likeness (QED) is 0.851. The lowest BCUT2D eigenvalue weighted by Gasteiger charge is -2.30. The molecule has 0 unspecified atom stereocenters. The molecule has 1 aliphatic rings.